The Hall–Kier alpha value is -1.30. The van der Waals surface area contributed by atoms with Crippen LogP contribution < -0.4 is 0 Å². The normalized spacial score (nSPS) is 11.6. The minimum atomic E-state index is -1.05. The molecule has 0 aliphatic rings. The van der Waals surface area contributed by atoms with Gasteiger partial charge in [0.1, 0.15) is 6.73 Å². The molecule has 2 aromatic rings. The van der Waals surface area contributed by atoms with E-state index in [0.717, 1.165) is 17.5 Å². The lowest BCUT2D eigenvalue weighted by atomic mass is 10.4. The highest BCUT2D eigenvalue weighted by Gasteiger charge is 2.13. The highest BCUT2D eigenvalue weighted by atomic mass is 32.2. The van der Waals surface area contributed by atoms with Crippen molar-refractivity contribution < 1.29 is 4.74 Å². The molecule has 2 rings (SSSR count). The molecule has 1 heterocycles. The van der Waals surface area contributed by atoms with E-state index in [0.29, 0.717) is 6.73 Å². The summed E-state index contributed by atoms with van der Waals surface area (Å²) in [4.78, 5) is 5.67. The zero-order valence-electron chi connectivity index (χ0n) is 13.6. The van der Waals surface area contributed by atoms with Crippen LogP contribution in [0.5, 0.6) is 0 Å². The largest absolute Gasteiger partial charge is 0.361 e. The first-order valence-electron chi connectivity index (χ1n) is 7.48. The maximum absolute atomic E-state index is 5.87. The van der Waals surface area contributed by atoms with Crippen LogP contribution in [0.1, 0.15) is 5.69 Å². The molecule has 0 saturated heterocycles. The molecule has 5 heteroatoms. The predicted octanol–water partition coefficient (Wildman–Crippen LogP) is 4.99. The molecule has 0 atom stereocenters. The lowest BCUT2D eigenvalue weighted by Crippen LogP contribution is -2.22. The van der Waals surface area contributed by atoms with Crippen molar-refractivity contribution in [3.63, 3.8) is 0 Å². The average Bonchev–Trinajstić information content (AvgIpc) is 2.86. The van der Waals surface area contributed by atoms with Crippen LogP contribution in [-0.4, -0.2) is 24.2 Å². The molecule has 1 aromatic heterocycles. The summed E-state index contributed by atoms with van der Waals surface area (Å²) in [5.74, 6) is 0. The van der Waals surface area contributed by atoms with Crippen LogP contribution in [0.4, 0.5) is 0 Å². The maximum Gasteiger partial charge on any atom is 0.175 e. The Morgan fingerprint density at radius 2 is 2.00 bits per heavy atom. The highest BCUT2D eigenvalue weighted by Crippen LogP contribution is 2.27. The van der Waals surface area contributed by atoms with E-state index in [-0.39, 0.29) is 0 Å². The fraction of sp³-hybridized carbons (Fsp3) is 0.353. The van der Waals surface area contributed by atoms with Crippen molar-refractivity contribution in [1.82, 2.24) is 9.55 Å². The second kappa shape index (κ2) is 7.81. The van der Waals surface area contributed by atoms with Crippen molar-refractivity contribution in [2.45, 2.75) is 42.5 Å². The van der Waals surface area contributed by atoms with Crippen LogP contribution in [0.25, 0.3) is 6.08 Å². The first-order chi connectivity index (χ1) is 10.5. The second-order valence-corrected chi connectivity index (χ2v) is 13.0. The van der Waals surface area contributed by atoms with E-state index in [1.54, 1.807) is 11.8 Å². The molecule has 0 radical (unpaired) electrons. The average molecular weight is 333 g/mol. The number of aromatic nitrogens is 2. The topological polar surface area (TPSA) is 27.1 Å². The third-order valence-corrected chi connectivity index (χ3v) is 5.95. The molecule has 0 spiro atoms. The number of imidazole rings is 1. The SMILES string of the molecule is C=Cc1cnc(Sc2ccccc2)n1COCC[Si](C)(C)C. The van der Waals surface area contributed by atoms with Crippen molar-refractivity contribution in [2.24, 2.45) is 0 Å². The van der Waals surface area contributed by atoms with Crippen molar-refractivity contribution in [1.29, 1.82) is 0 Å². The molecule has 0 amide bonds. The number of benzene rings is 1. The Morgan fingerprint density at radius 3 is 2.64 bits per heavy atom. The van der Waals surface area contributed by atoms with Crippen LogP contribution in [0.15, 0.2) is 53.2 Å². The Kier molecular flexibility index (Phi) is 6.05. The maximum atomic E-state index is 5.87. The minimum absolute atomic E-state index is 0.529. The van der Waals surface area contributed by atoms with Crippen LogP contribution in [0, 0.1) is 0 Å². The molecule has 0 fully saturated rings. The van der Waals surface area contributed by atoms with Gasteiger partial charge in [-0.1, -0.05) is 56.2 Å². The van der Waals surface area contributed by atoms with Crippen molar-refractivity contribution in [3.05, 3.63) is 48.8 Å². The Labute approximate surface area is 138 Å². The Morgan fingerprint density at radius 1 is 1.27 bits per heavy atom. The van der Waals surface area contributed by atoms with Crippen molar-refractivity contribution >= 4 is 25.9 Å². The summed E-state index contributed by atoms with van der Waals surface area (Å²) in [6.07, 6.45) is 3.67. The predicted molar refractivity (Wildman–Crippen MR) is 97.0 cm³/mol. The van der Waals surface area contributed by atoms with Crippen LogP contribution in [-0.2, 0) is 11.5 Å². The minimum Gasteiger partial charge on any atom is -0.361 e. The number of rotatable bonds is 8. The summed E-state index contributed by atoms with van der Waals surface area (Å²) in [5.41, 5.74) is 0.992. The molecule has 0 bridgehead atoms. The van der Waals surface area contributed by atoms with Crippen molar-refractivity contribution in [2.75, 3.05) is 6.61 Å². The summed E-state index contributed by atoms with van der Waals surface area (Å²) in [7, 11) is -1.05. The lowest BCUT2D eigenvalue weighted by molar-refractivity contribution is 0.0810. The second-order valence-electron chi connectivity index (χ2n) is 6.36. The van der Waals surface area contributed by atoms with Gasteiger partial charge in [0.15, 0.2) is 5.16 Å². The number of hydrogen-bond donors (Lipinski definition) is 0. The smallest absolute Gasteiger partial charge is 0.175 e. The molecule has 1 aromatic carbocycles. The fourth-order valence-electron chi connectivity index (χ4n) is 1.87. The zero-order valence-corrected chi connectivity index (χ0v) is 15.4. The molecule has 0 aliphatic heterocycles. The van der Waals surface area contributed by atoms with E-state index in [2.05, 4.69) is 47.9 Å². The van der Waals surface area contributed by atoms with Gasteiger partial charge in [0.25, 0.3) is 0 Å². The van der Waals surface area contributed by atoms with Gasteiger partial charge < -0.3 is 4.74 Å². The van der Waals surface area contributed by atoms with Gasteiger partial charge >= 0.3 is 0 Å². The molecule has 0 unspecified atom stereocenters. The third-order valence-electron chi connectivity index (χ3n) is 3.23. The number of nitrogens with zero attached hydrogens (tertiary/aromatic N) is 2. The Bertz CT molecular complexity index is 605. The van der Waals surface area contributed by atoms with E-state index in [1.165, 1.54) is 10.9 Å². The van der Waals surface area contributed by atoms with E-state index < -0.39 is 8.07 Å². The molecule has 0 aliphatic carbocycles. The van der Waals surface area contributed by atoms with Gasteiger partial charge in [-0.25, -0.2) is 4.98 Å². The molecule has 118 valence electrons. The summed E-state index contributed by atoms with van der Waals surface area (Å²) in [6.45, 7) is 12.3. The molecular weight excluding hydrogens is 308 g/mol. The van der Waals surface area contributed by atoms with Crippen LogP contribution >= 0.6 is 11.8 Å². The van der Waals surface area contributed by atoms with E-state index in [4.69, 9.17) is 4.74 Å². The van der Waals surface area contributed by atoms with Gasteiger partial charge in [-0.3, -0.25) is 4.57 Å². The Balaban J connectivity index is 2.02. The molecule has 0 N–H and O–H groups in total. The quantitative estimate of drug-likeness (QED) is 0.503. The van der Waals surface area contributed by atoms with E-state index in [9.17, 15) is 0 Å². The molecule has 3 nitrogen and oxygen atoms in total. The van der Waals surface area contributed by atoms with E-state index in [1.807, 2.05) is 30.5 Å². The monoisotopic (exact) mass is 332 g/mol. The van der Waals surface area contributed by atoms with Crippen LogP contribution in [0.2, 0.25) is 25.7 Å². The van der Waals surface area contributed by atoms with Crippen molar-refractivity contribution in [3.8, 4) is 0 Å². The van der Waals surface area contributed by atoms with Crippen LogP contribution in [0.3, 0.4) is 0 Å². The summed E-state index contributed by atoms with van der Waals surface area (Å²) >= 11 is 1.65. The fourth-order valence-corrected chi connectivity index (χ4v) is 3.51. The summed E-state index contributed by atoms with van der Waals surface area (Å²) in [6, 6.07) is 11.4. The van der Waals surface area contributed by atoms with Gasteiger partial charge in [-0.05, 0) is 24.3 Å². The lowest BCUT2D eigenvalue weighted by Gasteiger charge is -2.16. The zero-order chi connectivity index (χ0) is 16.0. The number of hydrogen-bond acceptors (Lipinski definition) is 3. The van der Waals surface area contributed by atoms with Gasteiger partial charge in [-0.2, -0.15) is 0 Å². The van der Waals surface area contributed by atoms with Gasteiger partial charge in [0.2, 0.25) is 0 Å². The highest BCUT2D eigenvalue weighted by molar-refractivity contribution is 7.99. The number of ether oxygens (including phenoxy) is 1. The first kappa shape index (κ1) is 17.1. The molecule has 22 heavy (non-hydrogen) atoms. The molecular formula is C17H24N2OSSi. The molecule has 0 saturated carbocycles. The van der Waals surface area contributed by atoms with Gasteiger partial charge in [-0.15, -0.1) is 0 Å². The van der Waals surface area contributed by atoms with Gasteiger partial charge in [0.05, 0.1) is 11.9 Å². The van der Waals surface area contributed by atoms with Gasteiger partial charge in [0, 0.05) is 19.6 Å². The summed E-state index contributed by atoms with van der Waals surface area (Å²) < 4.78 is 7.95. The summed E-state index contributed by atoms with van der Waals surface area (Å²) in [5, 5.41) is 0.939. The first-order valence-corrected chi connectivity index (χ1v) is 12.0. The van der Waals surface area contributed by atoms with E-state index >= 15 is 0 Å². The third kappa shape index (κ3) is 5.16. The standard InChI is InChI=1S/C17H24N2OSSi/c1-5-15-13-18-17(21-16-9-7-6-8-10-16)19(15)14-20-11-12-22(2,3)4/h5-10,13H,1,11-12,14H2,2-4H3.